The monoisotopic (exact) mass is 322 g/mol. The van der Waals surface area contributed by atoms with Gasteiger partial charge in [0.1, 0.15) is 0 Å². The summed E-state index contributed by atoms with van der Waals surface area (Å²) in [6.45, 7) is 6.74. The van der Waals surface area contributed by atoms with E-state index in [2.05, 4.69) is 5.32 Å². The fourth-order valence-electron chi connectivity index (χ4n) is 2.64. The zero-order valence-corrected chi connectivity index (χ0v) is 13.2. The van der Waals surface area contributed by atoms with Gasteiger partial charge < -0.3 is 5.32 Å². The molecule has 1 aliphatic rings. The lowest BCUT2D eigenvalue weighted by Gasteiger charge is -2.36. The maximum atomic E-state index is 12.9. The van der Waals surface area contributed by atoms with E-state index in [1.165, 1.54) is 0 Å². The van der Waals surface area contributed by atoms with Crippen molar-refractivity contribution >= 4 is 12.4 Å². The molecule has 21 heavy (non-hydrogen) atoms. The summed E-state index contributed by atoms with van der Waals surface area (Å²) < 4.78 is 38.7. The second-order valence-corrected chi connectivity index (χ2v) is 5.46. The van der Waals surface area contributed by atoms with Crippen LogP contribution in [0, 0.1) is 13.8 Å². The lowest BCUT2D eigenvalue weighted by molar-refractivity contribution is -0.148. The van der Waals surface area contributed by atoms with Crippen molar-refractivity contribution in [1.29, 1.82) is 0 Å². The molecule has 0 aromatic heterocycles. The van der Waals surface area contributed by atoms with Crippen LogP contribution in [0.2, 0.25) is 0 Å². The van der Waals surface area contributed by atoms with Crippen LogP contribution in [0.25, 0.3) is 0 Å². The maximum Gasteiger partial charge on any atom is 0.390 e. The first kappa shape index (κ1) is 18.3. The molecule has 0 spiro atoms. The van der Waals surface area contributed by atoms with Gasteiger partial charge in [0.2, 0.25) is 0 Å². The molecule has 6 heteroatoms. The van der Waals surface area contributed by atoms with Crippen molar-refractivity contribution in [2.24, 2.45) is 0 Å². The van der Waals surface area contributed by atoms with Gasteiger partial charge in [-0.05, 0) is 30.5 Å². The van der Waals surface area contributed by atoms with E-state index in [0.717, 1.165) is 29.8 Å². The Balaban J connectivity index is 0.00000220. The SMILES string of the molecule is Cc1ccc([C@H](CC(F)(F)F)N2CCNCC2)cc1C.Cl. The highest BCUT2D eigenvalue weighted by Gasteiger charge is 2.35. The Bertz CT molecular complexity index is 457. The number of halogens is 4. The second-order valence-electron chi connectivity index (χ2n) is 5.46. The molecule has 0 saturated carbocycles. The molecule has 120 valence electrons. The molecular formula is C15H22ClF3N2. The summed E-state index contributed by atoms with van der Waals surface area (Å²) in [5.41, 5.74) is 2.93. The first-order valence-electron chi connectivity index (χ1n) is 6.95. The Labute approximate surface area is 130 Å². The highest BCUT2D eigenvalue weighted by Crippen LogP contribution is 2.34. The average Bonchev–Trinajstić information content (AvgIpc) is 2.39. The molecule has 1 heterocycles. The molecule has 1 saturated heterocycles. The van der Waals surface area contributed by atoms with E-state index in [-0.39, 0.29) is 12.4 Å². The Morgan fingerprint density at radius 1 is 1.14 bits per heavy atom. The van der Waals surface area contributed by atoms with E-state index in [0.29, 0.717) is 13.1 Å². The molecule has 0 bridgehead atoms. The molecule has 2 nitrogen and oxygen atoms in total. The van der Waals surface area contributed by atoms with Gasteiger partial charge in [0.05, 0.1) is 6.42 Å². The number of aryl methyl sites for hydroxylation is 2. The lowest BCUT2D eigenvalue weighted by atomic mass is 9.97. The van der Waals surface area contributed by atoms with Gasteiger partial charge in [-0.3, -0.25) is 4.90 Å². The molecular weight excluding hydrogens is 301 g/mol. The molecule has 0 amide bonds. The molecule has 1 aromatic rings. The van der Waals surface area contributed by atoms with Gasteiger partial charge >= 0.3 is 6.18 Å². The summed E-state index contributed by atoms with van der Waals surface area (Å²) in [6, 6.07) is 5.07. The van der Waals surface area contributed by atoms with Crippen LogP contribution in [0.4, 0.5) is 13.2 Å². The Morgan fingerprint density at radius 2 is 1.76 bits per heavy atom. The van der Waals surface area contributed by atoms with Crippen LogP contribution in [0.1, 0.15) is 29.2 Å². The highest BCUT2D eigenvalue weighted by molar-refractivity contribution is 5.85. The van der Waals surface area contributed by atoms with Gasteiger partial charge in [-0.25, -0.2) is 0 Å². The Kier molecular flexibility index (Phi) is 6.50. The average molecular weight is 323 g/mol. The Morgan fingerprint density at radius 3 is 2.29 bits per heavy atom. The van der Waals surface area contributed by atoms with Gasteiger partial charge in [-0.2, -0.15) is 13.2 Å². The topological polar surface area (TPSA) is 15.3 Å². The number of hydrogen-bond acceptors (Lipinski definition) is 2. The summed E-state index contributed by atoms with van der Waals surface area (Å²) in [5, 5.41) is 3.18. The largest absolute Gasteiger partial charge is 0.390 e. The summed E-state index contributed by atoms with van der Waals surface area (Å²) in [5.74, 6) is 0. The van der Waals surface area contributed by atoms with E-state index in [1.54, 1.807) is 0 Å². The second kappa shape index (κ2) is 7.47. The van der Waals surface area contributed by atoms with Gasteiger partial charge in [-0.1, -0.05) is 18.2 Å². The number of piperazine rings is 1. The normalized spacial score (nSPS) is 18.1. The van der Waals surface area contributed by atoms with Crippen LogP contribution >= 0.6 is 12.4 Å². The van der Waals surface area contributed by atoms with Crippen molar-refractivity contribution in [3.63, 3.8) is 0 Å². The molecule has 1 fully saturated rings. The van der Waals surface area contributed by atoms with E-state index in [9.17, 15) is 13.2 Å². The van der Waals surface area contributed by atoms with E-state index in [4.69, 9.17) is 0 Å². The number of hydrogen-bond donors (Lipinski definition) is 1. The van der Waals surface area contributed by atoms with E-state index >= 15 is 0 Å². The van der Waals surface area contributed by atoms with Gasteiger partial charge in [0.25, 0.3) is 0 Å². The summed E-state index contributed by atoms with van der Waals surface area (Å²) in [7, 11) is 0. The minimum atomic E-state index is -4.14. The first-order valence-corrected chi connectivity index (χ1v) is 6.95. The van der Waals surface area contributed by atoms with Crippen molar-refractivity contribution < 1.29 is 13.2 Å². The smallest absolute Gasteiger partial charge is 0.314 e. The van der Waals surface area contributed by atoms with Crippen LogP contribution in [0.5, 0.6) is 0 Å². The summed E-state index contributed by atoms with van der Waals surface area (Å²) in [6.07, 6.45) is -4.93. The van der Waals surface area contributed by atoms with Crippen molar-refractivity contribution in [3.05, 3.63) is 34.9 Å². The number of benzene rings is 1. The Hall–Kier alpha value is -0.780. The van der Waals surface area contributed by atoms with Gasteiger partial charge in [0, 0.05) is 32.2 Å². The number of nitrogens with zero attached hydrogens (tertiary/aromatic N) is 1. The fourth-order valence-corrected chi connectivity index (χ4v) is 2.64. The molecule has 2 rings (SSSR count). The predicted octanol–water partition coefficient (Wildman–Crippen LogP) is 3.62. The van der Waals surface area contributed by atoms with Crippen LogP contribution in [-0.2, 0) is 0 Å². The summed E-state index contributed by atoms with van der Waals surface area (Å²) in [4.78, 5) is 1.94. The third-order valence-corrected chi connectivity index (χ3v) is 3.93. The van der Waals surface area contributed by atoms with Crippen LogP contribution in [-0.4, -0.2) is 37.3 Å². The van der Waals surface area contributed by atoms with Crippen LogP contribution in [0.3, 0.4) is 0 Å². The van der Waals surface area contributed by atoms with Crippen LogP contribution in [0.15, 0.2) is 18.2 Å². The minimum absolute atomic E-state index is 0. The van der Waals surface area contributed by atoms with Gasteiger partial charge in [-0.15, -0.1) is 12.4 Å². The van der Waals surface area contributed by atoms with Crippen LogP contribution < -0.4 is 5.32 Å². The quantitative estimate of drug-likeness (QED) is 0.914. The standard InChI is InChI=1S/C15H21F3N2.ClH/c1-11-3-4-13(9-12(11)2)14(10-15(16,17)18)20-7-5-19-6-8-20;/h3-4,9,14,19H,5-8,10H2,1-2H3;1H/t14-;/m0./s1. The predicted molar refractivity (Wildman–Crippen MR) is 81.0 cm³/mol. The summed E-state index contributed by atoms with van der Waals surface area (Å²) >= 11 is 0. The molecule has 0 radical (unpaired) electrons. The molecule has 1 N–H and O–H groups in total. The molecule has 1 aliphatic heterocycles. The zero-order valence-electron chi connectivity index (χ0n) is 12.3. The van der Waals surface area contributed by atoms with E-state index in [1.807, 2.05) is 36.9 Å². The third-order valence-electron chi connectivity index (χ3n) is 3.93. The molecule has 0 aliphatic carbocycles. The maximum absolute atomic E-state index is 12.9. The zero-order chi connectivity index (χ0) is 14.8. The van der Waals surface area contributed by atoms with Crippen molar-refractivity contribution in [2.45, 2.75) is 32.5 Å². The number of rotatable bonds is 3. The van der Waals surface area contributed by atoms with Gasteiger partial charge in [0.15, 0.2) is 0 Å². The first-order chi connectivity index (χ1) is 9.37. The lowest BCUT2D eigenvalue weighted by Crippen LogP contribution is -2.46. The van der Waals surface area contributed by atoms with E-state index < -0.39 is 18.6 Å². The molecule has 1 aromatic carbocycles. The minimum Gasteiger partial charge on any atom is -0.314 e. The van der Waals surface area contributed by atoms with Crippen molar-refractivity contribution in [1.82, 2.24) is 10.2 Å². The van der Waals surface area contributed by atoms with Crippen molar-refractivity contribution in [3.8, 4) is 0 Å². The highest BCUT2D eigenvalue weighted by atomic mass is 35.5. The molecule has 0 unspecified atom stereocenters. The van der Waals surface area contributed by atoms with Crippen molar-refractivity contribution in [2.75, 3.05) is 26.2 Å². The fraction of sp³-hybridized carbons (Fsp3) is 0.600. The molecule has 1 atom stereocenters. The number of nitrogens with one attached hydrogen (secondary N) is 1. The number of alkyl halides is 3. The third kappa shape index (κ3) is 5.16.